The first-order valence-electron chi connectivity index (χ1n) is 9.81. The molecule has 0 aliphatic carbocycles. The Bertz CT molecular complexity index is 1430. The van der Waals surface area contributed by atoms with Gasteiger partial charge in [0, 0.05) is 42.3 Å². The lowest BCUT2D eigenvalue weighted by atomic mass is 10.0. The Morgan fingerprint density at radius 2 is 1.91 bits per heavy atom. The van der Waals surface area contributed by atoms with Crippen molar-refractivity contribution in [1.29, 1.82) is 0 Å². The third-order valence-electron chi connectivity index (χ3n) is 4.98. The Labute approximate surface area is 206 Å². The van der Waals surface area contributed by atoms with Crippen LogP contribution < -0.4 is 10.7 Å². The second-order valence-corrected chi connectivity index (χ2v) is 10.1. The summed E-state index contributed by atoms with van der Waals surface area (Å²) in [6.07, 6.45) is 1.45. The van der Waals surface area contributed by atoms with E-state index in [1.54, 1.807) is 36.9 Å². The molecule has 1 N–H and O–H groups in total. The monoisotopic (exact) mass is 544 g/mol. The minimum absolute atomic E-state index is 0.131. The van der Waals surface area contributed by atoms with Gasteiger partial charge in [0.1, 0.15) is 10.6 Å². The predicted molar refractivity (Wildman–Crippen MR) is 134 cm³/mol. The van der Waals surface area contributed by atoms with Gasteiger partial charge in [0.2, 0.25) is 0 Å². The molecule has 0 saturated carbocycles. The maximum Gasteiger partial charge on any atom is 0.270 e. The van der Waals surface area contributed by atoms with Crippen LogP contribution in [0.3, 0.4) is 0 Å². The maximum atomic E-state index is 13.5. The summed E-state index contributed by atoms with van der Waals surface area (Å²) in [4.78, 5) is 45.3. The van der Waals surface area contributed by atoms with Gasteiger partial charge in [-0.05, 0) is 46.3 Å². The quantitative estimate of drug-likeness (QED) is 0.400. The van der Waals surface area contributed by atoms with E-state index in [0.717, 1.165) is 0 Å². The first-order valence-corrected chi connectivity index (χ1v) is 11.8. The summed E-state index contributed by atoms with van der Waals surface area (Å²) in [6.45, 7) is -0.131. The van der Waals surface area contributed by atoms with Crippen molar-refractivity contribution in [3.8, 4) is 5.69 Å². The number of fused-ring (bicyclic) bond motifs is 1. The lowest BCUT2D eigenvalue weighted by molar-refractivity contribution is 0.0816. The number of nitrogens with zero attached hydrogens (tertiary/aromatic N) is 3. The number of carbonyl (C=O) groups excluding carboxylic acids is 2. The average Bonchev–Trinajstić information content (AvgIpc) is 3.24. The van der Waals surface area contributed by atoms with E-state index in [0.29, 0.717) is 30.4 Å². The summed E-state index contributed by atoms with van der Waals surface area (Å²) in [7, 11) is 3.23. The molecule has 7 nitrogen and oxygen atoms in total. The van der Waals surface area contributed by atoms with Crippen LogP contribution in [0.2, 0.25) is 5.02 Å². The number of nitrogens with one attached hydrogen (secondary N) is 1. The summed E-state index contributed by atoms with van der Waals surface area (Å²) in [5, 5.41) is 3.59. The van der Waals surface area contributed by atoms with Gasteiger partial charge in [0.05, 0.1) is 11.7 Å². The van der Waals surface area contributed by atoms with Crippen molar-refractivity contribution in [2.45, 2.75) is 6.54 Å². The zero-order valence-electron chi connectivity index (χ0n) is 17.6. The number of pyridine rings is 1. The molecular weight excluding hydrogens is 528 g/mol. The molecule has 0 unspecified atom stereocenters. The van der Waals surface area contributed by atoms with Gasteiger partial charge >= 0.3 is 0 Å². The van der Waals surface area contributed by atoms with Crippen LogP contribution in [0.4, 0.5) is 0 Å². The molecule has 0 bridgehead atoms. The molecule has 0 aliphatic heterocycles. The highest BCUT2D eigenvalue weighted by atomic mass is 79.9. The molecule has 2 heterocycles. The van der Waals surface area contributed by atoms with E-state index in [1.807, 2.05) is 30.3 Å². The molecule has 2 amide bonds. The average molecular weight is 546 g/mol. The predicted octanol–water partition coefficient (Wildman–Crippen LogP) is 4.49. The molecule has 0 radical (unpaired) electrons. The Hall–Kier alpha value is -3.01. The normalized spacial score (nSPS) is 10.9. The van der Waals surface area contributed by atoms with Crippen LogP contribution in [0.15, 0.2) is 63.4 Å². The van der Waals surface area contributed by atoms with Crippen LogP contribution in [0.1, 0.15) is 25.7 Å². The van der Waals surface area contributed by atoms with Gasteiger partial charge in [-0.3, -0.25) is 14.4 Å². The number of aromatic nitrogens is 2. The Morgan fingerprint density at radius 1 is 1.18 bits per heavy atom. The van der Waals surface area contributed by atoms with Gasteiger partial charge < -0.3 is 14.8 Å². The summed E-state index contributed by atoms with van der Waals surface area (Å²) in [6, 6.07) is 14.2. The zero-order chi connectivity index (χ0) is 23.7. The van der Waals surface area contributed by atoms with Crippen molar-refractivity contribution >= 4 is 61.6 Å². The molecule has 33 heavy (non-hydrogen) atoms. The van der Waals surface area contributed by atoms with Gasteiger partial charge in [0.25, 0.3) is 11.8 Å². The highest BCUT2D eigenvalue weighted by molar-refractivity contribution is 9.11. The van der Waals surface area contributed by atoms with Crippen molar-refractivity contribution < 1.29 is 9.59 Å². The van der Waals surface area contributed by atoms with Gasteiger partial charge in [-0.1, -0.05) is 29.8 Å². The van der Waals surface area contributed by atoms with E-state index in [-0.39, 0.29) is 35.0 Å². The first-order chi connectivity index (χ1) is 15.8. The Morgan fingerprint density at radius 3 is 2.55 bits per heavy atom. The third kappa shape index (κ3) is 4.57. The third-order valence-corrected chi connectivity index (χ3v) is 6.69. The minimum atomic E-state index is -0.386. The van der Waals surface area contributed by atoms with Crippen molar-refractivity contribution in [3.63, 3.8) is 0 Å². The van der Waals surface area contributed by atoms with Crippen molar-refractivity contribution in [3.05, 3.63) is 90.0 Å². The van der Waals surface area contributed by atoms with E-state index in [4.69, 9.17) is 11.6 Å². The van der Waals surface area contributed by atoms with Crippen LogP contribution >= 0.6 is 38.9 Å². The topological polar surface area (TPSA) is 84.3 Å². The fourth-order valence-corrected chi connectivity index (χ4v) is 4.82. The molecule has 0 spiro atoms. The summed E-state index contributed by atoms with van der Waals surface area (Å²) < 4.78 is 2.29. The van der Waals surface area contributed by atoms with E-state index < -0.39 is 0 Å². The molecule has 2 aromatic heterocycles. The highest BCUT2D eigenvalue weighted by Gasteiger charge is 2.25. The van der Waals surface area contributed by atoms with Crippen LogP contribution in [0.25, 0.3) is 16.6 Å². The zero-order valence-corrected chi connectivity index (χ0v) is 20.8. The molecule has 0 saturated heterocycles. The molecular formula is C23H18BrClN4O3S. The fraction of sp³-hybridized carbons (Fsp3) is 0.130. The summed E-state index contributed by atoms with van der Waals surface area (Å²) >= 11 is 10.7. The number of hydrogen-bond acceptors (Lipinski definition) is 5. The largest absolute Gasteiger partial charge is 0.347 e. The molecule has 0 atom stereocenters. The molecule has 2 aromatic carbocycles. The van der Waals surface area contributed by atoms with Crippen molar-refractivity contribution in [2.24, 2.45) is 0 Å². The standard InChI is InChI=1S/C23H18BrClN4O3S/c1-28(2)22(32)19-16(11-26-21(31)18-12-27-23(24)33-18)20(30)15-9-8-13(25)10-17(15)29(19)14-6-4-3-5-7-14/h3-10,12H,11H2,1-2H3,(H,26,31). The van der Waals surface area contributed by atoms with Crippen molar-refractivity contribution in [2.75, 3.05) is 14.1 Å². The molecule has 10 heteroatoms. The van der Waals surface area contributed by atoms with Crippen molar-refractivity contribution in [1.82, 2.24) is 19.8 Å². The molecule has 4 aromatic rings. The smallest absolute Gasteiger partial charge is 0.270 e. The number of hydrogen-bond donors (Lipinski definition) is 1. The van der Waals surface area contributed by atoms with Crippen LogP contribution in [0.5, 0.6) is 0 Å². The number of halogens is 2. The molecule has 0 aliphatic rings. The van der Waals surface area contributed by atoms with Crippen LogP contribution in [-0.4, -0.2) is 40.4 Å². The Kier molecular flexibility index (Phi) is 6.64. The summed E-state index contributed by atoms with van der Waals surface area (Å²) in [5.74, 6) is -0.758. The van der Waals surface area contributed by atoms with Gasteiger partial charge in [-0.15, -0.1) is 11.3 Å². The highest BCUT2D eigenvalue weighted by Crippen LogP contribution is 2.26. The first kappa shape index (κ1) is 23.2. The second-order valence-electron chi connectivity index (χ2n) is 7.35. The number of carbonyl (C=O) groups is 2. The maximum absolute atomic E-state index is 13.5. The number of rotatable bonds is 5. The number of benzene rings is 2. The Balaban J connectivity index is 1.97. The fourth-order valence-electron chi connectivity index (χ4n) is 3.47. The van der Waals surface area contributed by atoms with Gasteiger partial charge in [0.15, 0.2) is 9.35 Å². The van der Waals surface area contributed by atoms with Gasteiger partial charge in [-0.25, -0.2) is 4.98 Å². The van der Waals surface area contributed by atoms with Crippen LogP contribution in [-0.2, 0) is 6.54 Å². The summed E-state index contributed by atoms with van der Waals surface area (Å²) in [5.41, 5.74) is 1.20. The lowest BCUT2D eigenvalue weighted by Crippen LogP contribution is -2.34. The molecule has 0 fully saturated rings. The van der Waals surface area contributed by atoms with E-state index in [1.165, 1.54) is 22.4 Å². The second kappa shape index (κ2) is 9.46. The number of amides is 2. The minimum Gasteiger partial charge on any atom is -0.347 e. The molecule has 168 valence electrons. The van der Waals surface area contributed by atoms with Gasteiger partial charge in [-0.2, -0.15) is 0 Å². The van der Waals surface area contributed by atoms with E-state index >= 15 is 0 Å². The molecule has 4 rings (SSSR count). The number of thiazole rings is 1. The number of para-hydroxylation sites is 1. The van der Waals surface area contributed by atoms with Crippen LogP contribution in [0, 0.1) is 0 Å². The van der Waals surface area contributed by atoms with E-state index in [2.05, 4.69) is 26.2 Å². The SMILES string of the molecule is CN(C)C(=O)c1c(CNC(=O)c2cnc(Br)s2)c(=O)c2ccc(Cl)cc2n1-c1ccccc1. The lowest BCUT2D eigenvalue weighted by Gasteiger charge is -2.22. The van der Waals surface area contributed by atoms with E-state index in [9.17, 15) is 14.4 Å².